The lowest BCUT2D eigenvalue weighted by molar-refractivity contribution is 0.0921. The van der Waals surface area contributed by atoms with Crippen LogP contribution < -0.4 is 14.8 Å². The Balaban J connectivity index is 1.57. The third-order valence-electron chi connectivity index (χ3n) is 4.07. The fourth-order valence-corrected chi connectivity index (χ4v) is 3.59. The Bertz CT molecular complexity index is 965. The zero-order valence-electron chi connectivity index (χ0n) is 15.6. The number of carbonyl (C=O) groups is 1. The number of furan rings is 1. The molecule has 0 aliphatic heterocycles. The number of rotatable bonds is 8. The zero-order chi connectivity index (χ0) is 19.9. The average Bonchev–Trinajstić information content (AvgIpc) is 3.20. The van der Waals surface area contributed by atoms with Gasteiger partial charge >= 0.3 is 0 Å². The van der Waals surface area contributed by atoms with E-state index in [0.717, 1.165) is 11.3 Å². The summed E-state index contributed by atoms with van der Waals surface area (Å²) < 4.78 is 28.3. The summed E-state index contributed by atoms with van der Waals surface area (Å²) >= 11 is 0. The molecule has 1 N–H and O–H groups in total. The van der Waals surface area contributed by atoms with Crippen molar-refractivity contribution in [1.29, 1.82) is 0 Å². The molecule has 3 rings (SSSR count). The molecular weight excluding hydrogens is 378 g/mol. The fourth-order valence-electron chi connectivity index (χ4n) is 2.57. The van der Waals surface area contributed by atoms with Crippen molar-refractivity contribution >= 4 is 16.7 Å². The first-order chi connectivity index (χ1) is 13.6. The highest BCUT2D eigenvalue weighted by Gasteiger charge is 2.14. The van der Waals surface area contributed by atoms with Crippen molar-refractivity contribution in [3.05, 3.63) is 77.7 Å². The molecule has 1 aromatic heterocycles. The molecule has 28 heavy (non-hydrogen) atoms. The monoisotopic (exact) mass is 399 g/mol. The van der Waals surface area contributed by atoms with Gasteiger partial charge in [0.15, 0.2) is 5.76 Å². The molecule has 146 valence electrons. The topological polar surface area (TPSA) is 77.8 Å². The van der Waals surface area contributed by atoms with E-state index in [4.69, 9.17) is 13.9 Å². The van der Waals surface area contributed by atoms with E-state index in [1.54, 1.807) is 50.6 Å². The Morgan fingerprint density at radius 3 is 2.46 bits per heavy atom. The lowest BCUT2D eigenvalue weighted by atomic mass is 10.2. The number of amides is 1. The van der Waals surface area contributed by atoms with E-state index in [9.17, 15) is 9.00 Å². The van der Waals surface area contributed by atoms with E-state index in [-0.39, 0.29) is 17.4 Å². The minimum Gasteiger partial charge on any atom is -0.497 e. The van der Waals surface area contributed by atoms with Crippen molar-refractivity contribution in [2.75, 3.05) is 14.2 Å². The molecule has 1 heterocycles. The van der Waals surface area contributed by atoms with Crippen molar-refractivity contribution in [3.63, 3.8) is 0 Å². The average molecular weight is 399 g/mol. The molecule has 0 saturated heterocycles. The summed E-state index contributed by atoms with van der Waals surface area (Å²) in [6, 6.07) is 17.7. The van der Waals surface area contributed by atoms with E-state index >= 15 is 0 Å². The van der Waals surface area contributed by atoms with E-state index in [1.165, 1.54) is 0 Å². The van der Waals surface area contributed by atoms with Crippen LogP contribution in [0.4, 0.5) is 0 Å². The second kappa shape index (κ2) is 9.23. The molecule has 0 saturated carbocycles. The van der Waals surface area contributed by atoms with Crippen LogP contribution in [0, 0.1) is 0 Å². The fraction of sp³-hybridized carbons (Fsp3) is 0.190. The molecule has 0 radical (unpaired) electrons. The van der Waals surface area contributed by atoms with Crippen LogP contribution in [0.1, 0.15) is 21.9 Å². The minimum absolute atomic E-state index is 0.185. The number of carbonyl (C=O) groups excluding carboxylic acids is 1. The van der Waals surface area contributed by atoms with Crippen molar-refractivity contribution < 1.29 is 22.9 Å². The molecule has 7 heteroatoms. The molecule has 0 fully saturated rings. The second-order valence-electron chi connectivity index (χ2n) is 5.97. The van der Waals surface area contributed by atoms with Gasteiger partial charge < -0.3 is 19.2 Å². The maximum absolute atomic E-state index is 12.5. The Morgan fingerprint density at radius 1 is 1.00 bits per heavy atom. The number of benzene rings is 2. The van der Waals surface area contributed by atoms with Gasteiger partial charge in [-0.2, -0.15) is 0 Å². The van der Waals surface area contributed by atoms with Crippen LogP contribution in [0.5, 0.6) is 11.5 Å². The number of methoxy groups -OCH3 is 2. The third-order valence-corrected chi connectivity index (χ3v) is 5.41. The van der Waals surface area contributed by atoms with Gasteiger partial charge in [0, 0.05) is 11.4 Å². The normalized spacial score (nSPS) is 11.6. The first-order valence-corrected chi connectivity index (χ1v) is 9.93. The molecule has 3 aromatic rings. The van der Waals surface area contributed by atoms with Crippen LogP contribution in [-0.4, -0.2) is 24.3 Å². The SMILES string of the molecule is COc1ccc([S@](=O)Cc2ccc(C(=O)NCc3cccc(OC)c3)o2)cc1. The standard InChI is InChI=1S/C21H21NO5S/c1-25-16-6-9-19(10-7-16)28(24)14-18-8-11-20(27-18)21(23)22-13-15-4-3-5-17(12-15)26-2/h3-12H,13-14H2,1-2H3,(H,22,23)/t28-/m1/s1. The molecule has 0 aliphatic rings. The van der Waals surface area contributed by atoms with Crippen molar-refractivity contribution in [2.24, 2.45) is 0 Å². The van der Waals surface area contributed by atoms with E-state index < -0.39 is 10.8 Å². The van der Waals surface area contributed by atoms with Gasteiger partial charge in [-0.25, -0.2) is 0 Å². The summed E-state index contributed by atoms with van der Waals surface area (Å²) in [7, 11) is 1.90. The van der Waals surface area contributed by atoms with Crippen LogP contribution in [0.25, 0.3) is 0 Å². The molecule has 0 bridgehead atoms. The van der Waals surface area contributed by atoms with Gasteiger partial charge in [0.05, 0.1) is 30.8 Å². The van der Waals surface area contributed by atoms with E-state index in [0.29, 0.717) is 22.9 Å². The highest BCUT2D eigenvalue weighted by Crippen LogP contribution is 2.18. The number of ether oxygens (including phenoxy) is 2. The quantitative estimate of drug-likeness (QED) is 0.627. The van der Waals surface area contributed by atoms with Gasteiger partial charge in [0.2, 0.25) is 0 Å². The van der Waals surface area contributed by atoms with Crippen LogP contribution in [-0.2, 0) is 23.1 Å². The third kappa shape index (κ3) is 5.01. The van der Waals surface area contributed by atoms with Crippen LogP contribution in [0.2, 0.25) is 0 Å². The van der Waals surface area contributed by atoms with E-state index in [2.05, 4.69) is 5.32 Å². The molecule has 6 nitrogen and oxygen atoms in total. The molecule has 1 amide bonds. The predicted octanol–water partition coefficient (Wildman–Crippen LogP) is 3.53. The Labute approximate surface area is 165 Å². The summed E-state index contributed by atoms with van der Waals surface area (Å²) in [5.41, 5.74) is 0.917. The van der Waals surface area contributed by atoms with Gasteiger partial charge in [-0.15, -0.1) is 0 Å². The molecule has 0 spiro atoms. The maximum Gasteiger partial charge on any atom is 0.287 e. The molecule has 2 aromatic carbocycles. The highest BCUT2D eigenvalue weighted by molar-refractivity contribution is 7.84. The summed E-state index contributed by atoms with van der Waals surface area (Å²) in [5, 5.41) is 2.80. The second-order valence-corrected chi connectivity index (χ2v) is 7.42. The summed E-state index contributed by atoms with van der Waals surface area (Å²) in [6.07, 6.45) is 0. The minimum atomic E-state index is -1.28. The number of nitrogens with one attached hydrogen (secondary N) is 1. The largest absolute Gasteiger partial charge is 0.497 e. The predicted molar refractivity (Wildman–Crippen MR) is 106 cm³/mol. The Kier molecular flexibility index (Phi) is 6.49. The lowest BCUT2D eigenvalue weighted by Gasteiger charge is -2.06. The summed E-state index contributed by atoms with van der Waals surface area (Å²) in [5.74, 6) is 1.96. The Morgan fingerprint density at radius 2 is 1.75 bits per heavy atom. The van der Waals surface area contributed by atoms with Gasteiger partial charge in [-0.05, 0) is 54.1 Å². The zero-order valence-corrected chi connectivity index (χ0v) is 16.5. The van der Waals surface area contributed by atoms with Crippen LogP contribution >= 0.6 is 0 Å². The molecule has 1 atom stereocenters. The first kappa shape index (κ1) is 19.7. The molecule has 0 aliphatic carbocycles. The number of hydrogen-bond acceptors (Lipinski definition) is 5. The number of hydrogen-bond donors (Lipinski definition) is 1. The van der Waals surface area contributed by atoms with Gasteiger partial charge in [-0.1, -0.05) is 12.1 Å². The first-order valence-electron chi connectivity index (χ1n) is 8.61. The molecular formula is C21H21NO5S. The van der Waals surface area contributed by atoms with E-state index in [1.807, 2.05) is 24.3 Å². The lowest BCUT2D eigenvalue weighted by Crippen LogP contribution is -2.22. The van der Waals surface area contributed by atoms with Gasteiger partial charge in [0.25, 0.3) is 5.91 Å². The smallest absolute Gasteiger partial charge is 0.287 e. The van der Waals surface area contributed by atoms with Gasteiger partial charge in [0.1, 0.15) is 17.3 Å². The van der Waals surface area contributed by atoms with Crippen LogP contribution in [0.3, 0.4) is 0 Å². The maximum atomic E-state index is 12.5. The summed E-state index contributed by atoms with van der Waals surface area (Å²) in [6.45, 7) is 0.351. The summed E-state index contributed by atoms with van der Waals surface area (Å²) in [4.78, 5) is 13.0. The van der Waals surface area contributed by atoms with Crippen molar-refractivity contribution in [1.82, 2.24) is 5.32 Å². The van der Waals surface area contributed by atoms with Crippen molar-refractivity contribution in [3.8, 4) is 11.5 Å². The Hall–Kier alpha value is -3.06. The highest BCUT2D eigenvalue weighted by atomic mass is 32.2. The van der Waals surface area contributed by atoms with Crippen molar-refractivity contribution in [2.45, 2.75) is 17.2 Å². The van der Waals surface area contributed by atoms with Crippen LogP contribution in [0.15, 0.2) is 70.0 Å². The molecule has 0 unspecified atom stereocenters. The van der Waals surface area contributed by atoms with Gasteiger partial charge in [-0.3, -0.25) is 9.00 Å².